The Hall–Kier alpha value is -9.13. The molecule has 0 atom stereocenters. The van der Waals surface area contributed by atoms with E-state index in [0.29, 0.717) is 5.82 Å². The molecule has 6 heteroatoms. The molecule has 6 nitrogen and oxygen atoms in total. The van der Waals surface area contributed by atoms with E-state index in [1.54, 1.807) is 0 Å². The van der Waals surface area contributed by atoms with Crippen molar-refractivity contribution in [2.75, 3.05) is 0 Å². The summed E-state index contributed by atoms with van der Waals surface area (Å²) in [5, 5.41) is 5.74. The second-order valence-corrected chi connectivity index (χ2v) is 16.9. The minimum absolute atomic E-state index is 0.673. The van der Waals surface area contributed by atoms with Crippen LogP contribution in [0, 0.1) is 0 Å². The number of rotatable bonds is 7. The second-order valence-electron chi connectivity index (χ2n) is 16.9. The van der Waals surface area contributed by atoms with Gasteiger partial charge in [-0.3, -0.25) is 4.98 Å². The zero-order valence-corrected chi connectivity index (χ0v) is 36.1. The molecule has 5 heterocycles. The van der Waals surface area contributed by atoms with E-state index in [1.807, 2.05) is 30.5 Å². The van der Waals surface area contributed by atoms with Gasteiger partial charge in [0.25, 0.3) is 0 Å². The van der Waals surface area contributed by atoms with Gasteiger partial charge in [0, 0.05) is 66.6 Å². The van der Waals surface area contributed by atoms with Gasteiger partial charge in [0.1, 0.15) is 0 Å². The van der Waals surface area contributed by atoms with Gasteiger partial charge in [-0.2, -0.15) is 0 Å². The predicted octanol–water partition coefficient (Wildman–Crippen LogP) is 15.2. The summed E-state index contributed by atoms with van der Waals surface area (Å²) < 4.78 is 2.34. The average Bonchev–Trinajstić information content (AvgIpc) is 3.74. The topological polar surface area (TPSA) is 69.4 Å². The number of fused-ring (bicyclic) bond motifs is 6. The Bertz CT molecular complexity index is 3990. The number of hydrogen-bond donors (Lipinski definition) is 0. The molecule has 13 aromatic rings. The Kier molecular flexibility index (Phi) is 9.06. The lowest BCUT2D eigenvalue weighted by molar-refractivity contribution is 1.17. The van der Waals surface area contributed by atoms with Crippen molar-refractivity contribution in [3.8, 4) is 73.2 Å². The van der Waals surface area contributed by atoms with E-state index in [1.165, 1.54) is 21.8 Å². The Morgan fingerprint density at radius 1 is 0.313 bits per heavy atom. The molecule has 13 rings (SSSR count). The van der Waals surface area contributed by atoms with Crippen LogP contribution < -0.4 is 0 Å². The van der Waals surface area contributed by atoms with Crippen LogP contribution in [0.2, 0.25) is 0 Å². The van der Waals surface area contributed by atoms with Crippen LogP contribution in [0.3, 0.4) is 0 Å². The van der Waals surface area contributed by atoms with Gasteiger partial charge < -0.3 is 4.57 Å². The summed E-state index contributed by atoms with van der Waals surface area (Å²) in [6.45, 7) is 0. The Morgan fingerprint density at radius 3 is 1.58 bits per heavy atom. The molecule has 0 saturated carbocycles. The summed E-state index contributed by atoms with van der Waals surface area (Å²) in [6.07, 6.45) is 1.84. The number of aromatic nitrogens is 6. The summed E-state index contributed by atoms with van der Waals surface area (Å²) in [4.78, 5) is 25.4. The van der Waals surface area contributed by atoms with Gasteiger partial charge in [-0.1, -0.05) is 158 Å². The largest absolute Gasteiger partial charge is 0.309 e. The van der Waals surface area contributed by atoms with Crippen LogP contribution >= 0.6 is 0 Å². The zero-order chi connectivity index (χ0) is 44.3. The van der Waals surface area contributed by atoms with Gasteiger partial charge in [-0.15, -0.1) is 0 Å². The van der Waals surface area contributed by atoms with Crippen LogP contribution in [0.25, 0.3) is 128 Å². The first-order chi connectivity index (χ1) is 33.2. The Balaban J connectivity index is 0.846. The molecule has 0 aliphatic carbocycles. The molecule has 0 N–H and O–H groups in total. The Morgan fingerprint density at radius 2 is 0.866 bits per heavy atom. The number of nitrogens with zero attached hydrogens (tertiary/aromatic N) is 6. The highest BCUT2D eigenvalue weighted by molar-refractivity contribution is 6.09. The first kappa shape index (κ1) is 38.3. The maximum atomic E-state index is 5.25. The lowest BCUT2D eigenvalue weighted by Crippen LogP contribution is -1.97. The summed E-state index contributed by atoms with van der Waals surface area (Å²) in [6, 6.07) is 78.5. The van der Waals surface area contributed by atoms with Gasteiger partial charge in [0.2, 0.25) is 0 Å². The van der Waals surface area contributed by atoms with Crippen molar-refractivity contribution in [3.05, 3.63) is 231 Å². The van der Waals surface area contributed by atoms with Crippen molar-refractivity contribution < 1.29 is 0 Å². The van der Waals surface area contributed by atoms with E-state index in [-0.39, 0.29) is 0 Å². The molecule has 67 heavy (non-hydrogen) atoms. The summed E-state index contributed by atoms with van der Waals surface area (Å²) in [5.41, 5.74) is 16.9. The second kappa shape index (κ2) is 15.8. The molecule has 5 aromatic heterocycles. The van der Waals surface area contributed by atoms with Crippen LogP contribution in [0.4, 0.5) is 0 Å². The van der Waals surface area contributed by atoms with Crippen molar-refractivity contribution in [3.63, 3.8) is 0 Å². The predicted molar refractivity (Wildman–Crippen MR) is 275 cm³/mol. The van der Waals surface area contributed by atoms with Gasteiger partial charge in [-0.25, -0.2) is 19.9 Å². The highest BCUT2D eigenvalue weighted by atomic mass is 15.0. The van der Waals surface area contributed by atoms with Crippen molar-refractivity contribution in [2.24, 2.45) is 0 Å². The first-order valence-electron chi connectivity index (χ1n) is 22.5. The molecular weight excluding hydrogens is 817 g/mol. The first-order valence-corrected chi connectivity index (χ1v) is 22.5. The molecule has 0 fully saturated rings. The summed E-state index contributed by atoms with van der Waals surface area (Å²) in [7, 11) is 0. The van der Waals surface area contributed by atoms with Crippen LogP contribution in [0.5, 0.6) is 0 Å². The monoisotopic (exact) mass is 854 g/mol. The smallest absolute Gasteiger partial charge is 0.160 e. The number of benzene rings is 8. The Labute approximate surface area is 386 Å². The van der Waals surface area contributed by atoms with E-state index in [4.69, 9.17) is 19.9 Å². The van der Waals surface area contributed by atoms with Crippen molar-refractivity contribution in [1.82, 2.24) is 29.5 Å². The van der Waals surface area contributed by atoms with E-state index < -0.39 is 0 Å². The van der Waals surface area contributed by atoms with Crippen LogP contribution in [0.1, 0.15) is 0 Å². The SMILES string of the molecule is c1ccc(-c2nc(-c3ccc(-n4c5ccccc5c5ccccc54)cc3)cc(-c3cccc(-c4ccc5ccc(-c6ccc7ccc(-c8cccc9cccnc89)nc7c6)cc5n4)c3)n2)cc1. The van der Waals surface area contributed by atoms with E-state index in [9.17, 15) is 0 Å². The molecular formula is C61H38N6. The number of hydrogen-bond acceptors (Lipinski definition) is 5. The normalized spacial score (nSPS) is 11.6. The quantitative estimate of drug-likeness (QED) is 0.160. The van der Waals surface area contributed by atoms with Crippen molar-refractivity contribution in [2.45, 2.75) is 0 Å². The van der Waals surface area contributed by atoms with E-state index >= 15 is 0 Å². The molecule has 0 saturated heterocycles. The molecule has 0 unspecified atom stereocenters. The van der Waals surface area contributed by atoms with E-state index in [2.05, 4.69) is 210 Å². The molecule has 0 radical (unpaired) electrons. The molecule has 0 spiro atoms. The fourth-order valence-corrected chi connectivity index (χ4v) is 9.49. The molecule has 8 aromatic carbocycles. The molecule has 0 aliphatic rings. The summed E-state index contributed by atoms with van der Waals surface area (Å²) in [5.74, 6) is 0.673. The van der Waals surface area contributed by atoms with Crippen LogP contribution in [0.15, 0.2) is 231 Å². The fraction of sp³-hybridized carbons (Fsp3) is 0. The molecule has 0 amide bonds. The molecule has 312 valence electrons. The van der Waals surface area contributed by atoms with Gasteiger partial charge in [-0.05, 0) is 77.9 Å². The standard InChI is InChI=1S/C61H38N6/c1-2-11-43(12-3-1)61-65-56(41-26-30-48(31-27-41)67-58-20-6-4-17-49(58)50-18-5-7-21-59(50)67)38-57(66-61)47-15-8-14-46(35-47)52-32-28-39-22-24-44(36-54(39)63-52)45-25-23-40-29-33-53(64-55(40)37-45)51-19-9-13-42-16-10-34-62-60(42)51/h1-38H. The fourth-order valence-electron chi connectivity index (χ4n) is 9.49. The minimum atomic E-state index is 0.673. The summed E-state index contributed by atoms with van der Waals surface area (Å²) >= 11 is 0. The lowest BCUT2D eigenvalue weighted by Gasteiger charge is -2.12. The third-order valence-electron chi connectivity index (χ3n) is 12.8. The lowest BCUT2D eigenvalue weighted by atomic mass is 10.00. The average molecular weight is 855 g/mol. The van der Waals surface area contributed by atoms with Crippen molar-refractivity contribution >= 4 is 54.5 Å². The highest BCUT2D eigenvalue weighted by Crippen LogP contribution is 2.36. The highest BCUT2D eigenvalue weighted by Gasteiger charge is 2.16. The number of para-hydroxylation sites is 3. The van der Waals surface area contributed by atoms with Crippen LogP contribution in [-0.4, -0.2) is 29.5 Å². The number of pyridine rings is 3. The maximum absolute atomic E-state index is 5.25. The maximum Gasteiger partial charge on any atom is 0.160 e. The van der Waals surface area contributed by atoms with Crippen molar-refractivity contribution in [1.29, 1.82) is 0 Å². The molecule has 0 bridgehead atoms. The van der Waals surface area contributed by atoms with E-state index in [0.717, 1.165) is 100 Å². The zero-order valence-electron chi connectivity index (χ0n) is 36.1. The van der Waals surface area contributed by atoms with Gasteiger partial charge >= 0.3 is 0 Å². The van der Waals surface area contributed by atoms with Gasteiger partial charge in [0.15, 0.2) is 5.82 Å². The third kappa shape index (κ3) is 6.87. The van der Waals surface area contributed by atoms with Gasteiger partial charge in [0.05, 0.1) is 50.4 Å². The third-order valence-corrected chi connectivity index (χ3v) is 12.8. The van der Waals surface area contributed by atoms with Crippen LogP contribution in [-0.2, 0) is 0 Å². The molecule has 0 aliphatic heterocycles. The minimum Gasteiger partial charge on any atom is -0.309 e.